The second-order valence-corrected chi connectivity index (χ2v) is 5.38. The van der Waals surface area contributed by atoms with Gasteiger partial charge in [-0.2, -0.15) is 0 Å². The molecular weight excluding hydrogens is 270 g/mol. The molecule has 1 unspecified atom stereocenters. The number of carbonyl (C=O) groups excluding carboxylic acids is 1. The van der Waals surface area contributed by atoms with Crippen LogP contribution in [0.15, 0.2) is 22.6 Å². The first-order valence-corrected chi connectivity index (χ1v) is 7.15. The smallest absolute Gasteiger partial charge is 0.241 e. The van der Waals surface area contributed by atoms with Gasteiger partial charge in [0.2, 0.25) is 5.91 Å². The average molecular weight is 289 g/mol. The van der Waals surface area contributed by atoms with Gasteiger partial charge < -0.3 is 20.2 Å². The molecule has 3 rings (SSSR count). The molecule has 1 aliphatic heterocycles. The number of aryl methyl sites for hydroxylation is 1. The molecule has 1 aliphatic rings. The van der Waals surface area contributed by atoms with Crippen LogP contribution in [0.2, 0.25) is 0 Å². The van der Waals surface area contributed by atoms with Crippen LogP contribution in [0.1, 0.15) is 18.7 Å². The largest absolute Gasteiger partial charge is 0.441 e. The van der Waals surface area contributed by atoms with Crippen LogP contribution in [0.4, 0.5) is 5.69 Å². The van der Waals surface area contributed by atoms with Crippen molar-refractivity contribution in [3.05, 3.63) is 24.1 Å². The van der Waals surface area contributed by atoms with E-state index in [9.17, 15) is 4.79 Å². The van der Waals surface area contributed by atoms with Gasteiger partial charge in [0, 0.05) is 31.9 Å². The lowest BCUT2D eigenvalue weighted by molar-refractivity contribution is -0.119. The lowest BCUT2D eigenvalue weighted by atomic mass is 9.92. The molecule has 0 bridgehead atoms. The summed E-state index contributed by atoms with van der Waals surface area (Å²) in [6, 6.07) is 4.88. The van der Waals surface area contributed by atoms with E-state index < -0.39 is 6.04 Å². The van der Waals surface area contributed by atoms with Crippen molar-refractivity contribution in [1.29, 1.82) is 0 Å². The van der Waals surface area contributed by atoms with Crippen molar-refractivity contribution in [1.82, 2.24) is 4.98 Å². The monoisotopic (exact) mass is 289 g/mol. The minimum Gasteiger partial charge on any atom is -0.441 e. The van der Waals surface area contributed by atoms with Crippen LogP contribution in [0.3, 0.4) is 0 Å². The van der Waals surface area contributed by atoms with Crippen LogP contribution in [-0.4, -0.2) is 30.1 Å². The van der Waals surface area contributed by atoms with Crippen molar-refractivity contribution in [2.75, 3.05) is 18.5 Å². The lowest BCUT2D eigenvalue weighted by Crippen LogP contribution is -2.43. The molecule has 0 spiro atoms. The van der Waals surface area contributed by atoms with E-state index in [4.69, 9.17) is 14.9 Å². The average Bonchev–Trinajstić information content (AvgIpc) is 2.86. The molecule has 1 aromatic carbocycles. The number of amides is 1. The normalized spacial score (nSPS) is 17.8. The fraction of sp³-hybridized carbons (Fsp3) is 0.467. The number of fused-ring (bicyclic) bond motifs is 1. The van der Waals surface area contributed by atoms with Crippen molar-refractivity contribution in [2.24, 2.45) is 11.7 Å². The van der Waals surface area contributed by atoms with Gasteiger partial charge in [-0.05, 0) is 30.9 Å². The van der Waals surface area contributed by atoms with E-state index in [0.717, 1.165) is 18.4 Å². The van der Waals surface area contributed by atoms with Gasteiger partial charge in [-0.3, -0.25) is 4.79 Å². The van der Waals surface area contributed by atoms with Crippen molar-refractivity contribution >= 4 is 22.7 Å². The van der Waals surface area contributed by atoms with Crippen molar-refractivity contribution < 1.29 is 13.9 Å². The molecule has 112 valence electrons. The molecule has 0 aliphatic carbocycles. The number of hydrogen-bond donors (Lipinski definition) is 2. The first-order valence-electron chi connectivity index (χ1n) is 7.15. The Hall–Kier alpha value is -1.92. The molecule has 0 saturated carbocycles. The second kappa shape index (κ2) is 5.83. The Morgan fingerprint density at radius 2 is 2.19 bits per heavy atom. The number of hydrogen-bond acceptors (Lipinski definition) is 5. The number of anilines is 1. The Morgan fingerprint density at radius 3 is 2.95 bits per heavy atom. The van der Waals surface area contributed by atoms with Gasteiger partial charge in [0.05, 0.1) is 6.04 Å². The third-order valence-electron chi connectivity index (χ3n) is 3.84. The maximum absolute atomic E-state index is 12.2. The van der Waals surface area contributed by atoms with E-state index in [-0.39, 0.29) is 11.8 Å². The van der Waals surface area contributed by atoms with Crippen LogP contribution in [0, 0.1) is 12.8 Å². The first-order chi connectivity index (χ1) is 10.1. The minimum absolute atomic E-state index is 0.169. The topological polar surface area (TPSA) is 90.4 Å². The highest BCUT2D eigenvalue weighted by Gasteiger charge is 2.26. The van der Waals surface area contributed by atoms with E-state index in [2.05, 4.69) is 10.3 Å². The standard InChI is InChI=1S/C15H19N3O3/c1-9-17-12-3-2-11(8-13(12)21-9)18-15(19)14(16)10-4-6-20-7-5-10/h2-3,8,10,14H,4-7,16H2,1H3,(H,18,19). The fourth-order valence-corrected chi connectivity index (χ4v) is 2.63. The number of ether oxygens (including phenoxy) is 1. The Morgan fingerprint density at radius 1 is 1.43 bits per heavy atom. The second-order valence-electron chi connectivity index (χ2n) is 5.38. The zero-order valence-electron chi connectivity index (χ0n) is 12.0. The molecule has 0 radical (unpaired) electrons. The van der Waals surface area contributed by atoms with Gasteiger partial charge in [-0.15, -0.1) is 0 Å². The van der Waals surface area contributed by atoms with Gasteiger partial charge >= 0.3 is 0 Å². The Bertz CT molecular complexity index is 647. The van der Waals surface area contributed by atoms with Gasteiger partial charge in [0.1, 0.15) is 5.52 Å². The number of benzene rings is 1. The quantitative estimate of drug-likeness (QED) is 0.899. The van der Waals surface area contributed by atoms with E-state index >= 15 is 0 Å². The van der Waals surface area contributed by atoms with Gasteiger partial charge in [-0.1, -0.05) is 0 Å². The van der Waals surface area contributed by atoms with Crippen LogP contribution in [-0.2, 0) is 9.53 Å². The van der Waals surface area contributed by atoms with E-state index in [0.29, 0.717) is 30.4 Å². The SMILES string of the molecule is Cc1nc2ccc(NC(=O)C(N)C3CCOCC3)cc2o1. The number of nitrogens with two attached hydrogens (primary N) is 1. The molecule has 1 aromatic heterocycles. The molecule has 6 heteroatoms. The van der Waals surface area contributed by atoms with E-state index in [1.807, 2.05) is 6.07 Å². The van der Waals surface area contributed by atoms with Crippen LogP contribution < -0.4 is 11.1 Å². The highest BCUT2D eigenvalue weighted by atomic mass is 16.5. The molecule has 21 heavy (non-hydrogen) atoms. The summed E-state index contributed by atoms with van der Waals surface area (Å²) in [5.74, 6) is 0.611. The summed E-state index contributed by atoms with van der Waals surface area (Å²) in [5, 5.41) is 2.85. The maximum atomic E-state index is 12.2. The molecule has 2 heterocycles. The summed E-state index contributed by atoms with van der Waals surface area (Å²) in [6.45, 7) is 3.14. The third-order valence-corrected chi connectivity index (χ3v) is 3.84. The Labute approximate surface area is 122 Å². The van der Waals surface area contributed by atoms with Crippen molar-refractivity contribution in [3.8, 4) is 0 Å². The number of rotatable bonds is 3. The number of aromatic nitrogens is 1. The number of carbonyl (C=O) groups is 1. The fourth-order valence-electron chi connectivity index (χ4n) is 2.63. The van der Waals surface area contributed by atoms with Crippen LogP contribution in [0.25, 0.3) is 11.1 Å². The number of nitrogens with one attached hydrogen (secondary N) is 1. The molecule has 1 atom stereocenters. The summed E-state index contributed by atoms with van der Waals surface area (Å²) in [6.07, 6.45) is 1.66. The predicted octanol–water partition coefficient (Wildman–Crippen LogP) is 1.83. The summed E-state index contributed by atoms with van der Waals surface area (Å²) in [7, 11) is 0. The summed E-state index contributed by atoms with van der Waals surface area (Å²) in [5.41, 5.74) is 8.16. The molecule has 6 nitrogen and oxygen atoms in total. The Balaban J connectivity index is 1.69. The molecule has 2 aromatic rings. The van der Waals surface area contributed by atoms with Gasteiger partial charge in [-0.25, -0.2) is 4.98 Å². The number of oxazole rings is 1. The van der Waals surface area contributed by atoms with Gasteiger partial charge in [0.15, 0.2) is 11.5 Å². The zero-order chi connectivity index (χ0) is 14.8. The summed E-state index contributed by atoms with van der Waals surface area (Å²) >= 11 is 0. The zero-order valence-corrected chi connectivity index (χ0v) is 12.0. The molecule has 1 fully saturated rings. The summed E-state index contributed by atoms with van der Waals surface area (Å²) in [4.78, 5) is 16.5. The lowest BCUT2D eigenvalue weighted by Gasteiger charge is -2.26. The Kier molecular flexibility index (Phi) is 3.90. The first kappa shape index (κ1) is 14.0. The van der Waals surface area contributed by atoms with E-state index in [1.165, 1.54) is 0 Å². The third kappa shape index (κ3) is 3.06. The van der Waals surface area contributed by atoms with E-state index in [1.54, 1.807) is 19.1 Å². The maximum Gasteiger partial charge on any atom is 0.241 e. The van der Waals surface area contributed by atoms with Crippen molar-refractivity contribution in [2.45, 2.75) is 25.8 Å². The van der Waals surface area contributed by atoms with Gasteiger partial charge in [0.25, 0.3) is 0 Å². The highest BCUT2D eigenvalue weighted by Crippen LogP contribution is 2.22. The number of nitrogens with zero attached hydrogens (tertiary/aromatic N) is 1. The predicted molar refractivity (Wildman–Crippen MR) is 78.9 cm³/mol. The van der Waals surface area contributed by atoms with Crippen LogP contribution >= 0.6 is 0 Å². The molecule has 1 saturated heterocycles. The molecule has 3 N–H and O–H groups in total. The van der Waals surface area contributed by atoms with Crippen molar-refractivity contribution in [3.63, 3.8) is 0 Å². The minimum atomic E-state index is -0.513. The summed E-state index contributed by atoms with van der Waals surface area (Å²) < 4.78 is 10.7. The highest BCUT2D eigenvalue weighted by molar-refractivity contribution is 5.96. The molecule has 1 amide bonds. The van der Waals surface area contributed by atoms with Crippen LogP contribution in [0.5, 0.6) is 0 Å². The molecular formula is C15H19N3O3.